The minimum atomic E-state index is -1.17. The summed E-state index contributed by atoms with van der Waals surface area (Å²) in [6.45, 7) is 6.43. The first-order valence-corrected chi connectivity index (χ1v) is 8.38. The molecule has 0 aliphatic rings. The number of benzene rings is 1. The average molecular weight is 376 g/mol. The highest BCUT2D eigenvalue weighted by Gasteiger charge is 2.26. The van der Waals surface area contributed by atoms with Crippen molar-refractivity contribution in [1.82, 2.24) is 4.98 Å². The Morgan fingerprint density at radius 3 is 2.48 bits per heavy atom. The number of hydrogen-bond acceptors (Lipinski definition) is 5. The summed E-state index contributed by atoms with van der Waals surface area (Å²) in [5.74, 6) is -2.62. The Balaban J connectivity index is 2.11. The van der Waals surface area contributed by atoms with Crippen LogP contribution in [0.5, 0.6) is 0 Å². The van der Waals surface area contributed by atoms with Gasteiger partial charge in [0.2, 0.25) is 0 Å². The molecule has 27 heavy (non-hydrogen) atoms. The molecule has 0 aliphatic carbocycles. The van der Waals surface area contributed by atoms with Crippen molar-refractivity contribution in [2.45, 2.75) is 33.8 Å². The summed E-state index contributed by atoms with van der Waals surface area (Å²) in [5.41, 5.74) is 1.09. The molecule has 0 saturated carbocycles. The zero-order chi connectivity index (χ0) is 20.1. The Morgan fingerprint density at radius 2 is 1.85 bits per heavy atom. The van der Waals surface area contributed by atoms with Crippen LogP contribution in [0.25, 0.3) is 0 Å². The fourth-order valence-electron chi connectivity index (χ4n) is 2.53. The van der Waals surface area contributed by atoms with Crippen LogP contribution in [0.2, 0.25) is 0 Å². The number of carbonyl (C=O) groups is 3. The fourth-order valence-corrected chi connectivity index (χ4v) is 2.53. The number of H-pyrrole nitrogens is 1. The number of rotatable bonds is 6. The van der Waals surface area contributed by atoms with Crippen LogP contribution in [-0.2, 0) is 14.3 Å². The number of aryl methyl sites for hydroxylation is 1. The fraction of sp³-hybridized carbons (Fsp3) is 0.316. The molecule has 0 saturated heterocycles. The zero-order valence-electron chi connectivity index (χ0n) is 15.5. The van der Waals surface area contributed by atoms with E-state index in [9.17, 15) is 18.8 Å². The van der Waals surface area contributed by atoms with Gasteiger partial charge in [0.25, 0.3) is 5.91 Å². The van der Waals surface area contributed by atoms with Crippen LogP contribution in [0.1, 0.15) is 46.0 Å². The molecule has 0 aliphatic heterocycles. The lowest BCUT2D eigenvalue weighted by atomic mass is 10.1. The SMILES string of the molecule is CCOC(=O)c1[nH]c(C)c(C(=O)OC(C)C(=O)Nc2ccccc2F)c1C. The maximum absolute atomic E-state index is 13.6. The maximum Gasteiger partial charge on any atom is 0.355 e. The molecule has 1 aromatic carbocycles. The van der Waals surface area contributed by atoms with Gasteiger partial charge in [-0.25, -0.2) is 14.0 Å². The van der Waals surface area contributed by atoms with Gasteiger partial charge in [0.15, 0.2) is 6.10 Å². The van der Waals surface area contributed by atoms with Crippen molar-refractivity contribution in [2.24, 2.45) is 0 Å². The standard InChI is InChI=1S/C19H21FN2O5/c1-5-26-19(25)16-10(2)15(11(3)21-16)18(24)27-12(4)17(23)22-14-9-7-6-8-13(14)20/h6-9,12,21H,5H2,1-4H3,(H,22,23). The van der Waals surface area contributed by atoms with Crippen LogP contribution in [0.3, 0.4) is 0 Å². The first-order chi connectivity index (χ1) is 12.8. The molecule has 1 atom stereocenters. The van der Waals surface area contributed by atoms with E-state index in [1.165, 1.54) is 25.1 Å². The molecule has 1 aromatic heterocycles. The van der Waals surface area contributed by atoms with Gasteiger partial charge >= 0.3 is 11.9 Å². The van der Waals surface area contributed by atoms with Crippen molar-refractivity contribution in [1.29, 1.82) is 0 Å². The molecule has 0 radical (unpaired) electrons. The third-order valence-corrected chi connectivity index (χ3v) is 3.91. The van der Waals surface area contributed by atoms with Crippen LogP contribution in [0.15, 0.2) is 24.3 Å². The van der Waals surface area contributed by atoms with Crippen LogP contribution < -0.4 is 5.32 Å². The molecule has 144 valence electrons. The number of halogens is 1. The van der Waals surface area contributed by atoms with E-state index in [1.807, 2.05) is 0 Å². The number of esters is 2. The van der Waals surface area contributed by atoms with E-state index in [1.54, 1.807) is 26.8 Å². The van der Waals surface area contributed by atoms with Gasteiger partial charge in [0, 0.05) is 5.69 Å². The number of hydrogen-bond donors (Lipinski definition) is 2. The zero-order valence-corrected chi connectivity index (χ0v) is 15.5. The number of para-hydroxylation sites is 1. The number of aromatic nitrogens is 1. The van der Waals surface area contributed by atoms with E-state index in [-0.39, 0.29) is 23.6 Å². The summed E-state index contributed by atoms with van der Waals surface area (Å²) in [6, 6.07) is 5.66. The lowest BCUT2D eigenvalue weighted by Gasteiger charge is -2.14. The van der Waals surface area contributed by atoms with Crippen molar-refractivity contribution in [2.75, 3.05) is 11.9 Å². The lowest BCUT2D eigenvalue weighted by molar-refractivity contribution is -0.123. The Kier molecular flexibility index (Phi) is 6.33. The third-order valence-electron chi connectivity index (χ3n) is 3.91. The van der Waals surface area contributed by atoms with Gasteiger partial charge in [-0.3, -0.25) is 4.79 Å². The van der Waals surface area contributed by atoms with Gasteiger partial charge in [0.05, 0.1) is 17.9 Å². The summed E-state index contributed by atoms with van der Waals surface area (Å²) < 4.78 is 23.7. The largest absolute Gasteiger partial charge is 0.461 e. The first-order valence-electron chi connectivity index (χ1n) is 8.38. The van der Waals surface area contributed by atoms with Gasteiger partial charge in [-0.2, -0.15) is 0 Å². The minimum absolute atomic E-state index is 0.0102. The first kappa shape index (κ1) is 20.2. The van der Waals surface area contributed by atoms with Crippen molar-refractivity contribution in [3.63, 3.8) is 0 Å². The third kappa shape index (κ3) is 4.52. The topological polar surface area (TPSA) is 97.5 Å². The molecule has 0 spiro atoms. The molecule has 2 N–H and O–H groups in total. The van der Waals surface area contributed by atoms with E-state index >= 15 is 0 Å². The van der Waals surface area contributed by atoms with Crippen molar-refractivity contribution in [3.05, 3.63) is 52.6 Å². The highest BCUT2D eigenvalue weighted by atomic mass is 19.1. The van der Waals surface area contributed by atoms with E-state index in [2.05, 4.69) is 10.3 Å². The molecular formula is C19H21FN2O5. The summed E-state index contributed by atoms with van der Waals surface area (Å²) in [5, 5.41) is 2.36. The number of ether oxygens (including phenoxy) is 2. The Bertz CT molecular complexity index is 875. The Hall–Kier alpha value is -3.16. The smallest absolute Gasteiger partial charge is 0.355 e. The van der Waals surface area contributed by atoms with Gasteiger partial charge in [-0.15, -0.1) is 0 Å². The van der Waals surface area contributed by atoms with E-state index in [0.29, 0.717) is 11.3 Å². The molecule has 1 heterocycles. The number of aromatic amines is 1. The molecule has 0 fully saturated rings. The van der Waals surface area contributed by atoms with Gasteiger partial charge in [-0.05, 0) is 45.4 Å². The van der Waals surface area contributed by atoms with Gasteiger partial charge < -0.3 is 19.8 Å². The lowest BCUT2D eigenvalue weighted by Crippen LogP contribution is -2.30. The van der Waals surface area contributed by atoms with Crippen LogP contribution in [0.4, 0.5) is 10.1 Å². The summed E-state index contributed by atoms with van der Waals surface area (Å²) >= 11 is 0. The highest BCUT2D eigenvalue weighted by Crippen LogP contribution is 2.21. The highest BCUT2D eigenvalue weighted by molar-refractivity contribution is 6.01. The van der Waals surface area contributed by atoms with Crippen LogP contribution in [-0.4, -0.2) is 35.5 Å². The molecule has 2 aromatic rings. The molecular weight excluding hydrogens is 355 g/mol. The summed E-state index contributed by atoms with van der Waals surface area (Å²) in [7, 11) is 0. The normalized spacial score (nSPS) is 11.6. The Labute approximate surface area is 155 Å². The van der Waals surface area contributed by atoms with E-state index < -0.39 is 29.8 Å². The quantitative estimate of drug-likeness (QED) is 0.755. The van der Waals surface area contributed by atoms with Gasteiger partial charge in [0.1, 0.15) is 11.5 Å². The molecule has 1 unspecified atom stereocenters. The summed E-state index contributed by atoms with van der Waals surface area (Å²) in [6.07, 6.45) is -1.17. The number of carbonyl (C=O) groups excluding carboxylic acids is 3. The maximum atomic E-state index is 13.6. The summed E-state index contributed by atoms with van der Waals surface area (Å²) in [4.78, 5) is 39.3. The van der Waals surface area contributed by atoms with Gasteiger partial charge in [-0.1, -0.05) is 12.1 Å². The number of nitrogens with one attached hydrogen (secondary N) is 2. The van der Waals surface area contributed by atoms with Crippen molar-refractivity contribution >= 4 is 23.5 Å². The second-order valence-electron chi connectivity index (χ2n) is 5.86. The predicted molar refractivity (Wildman–Crippen MR) is 96.1 cm³/mol. The predicted octanol–water partition coefficient (Wildman–Crippen LogP) is 3.13. The van der Waals surface area contributed by atoms with Crippen molar-refractivity contribution in [3.8, 4) is 0 Å². The molecule has 8 heteroatoms. The molecule has 0 bridgehead atoms. The monoisotopic (exact) mass is 376 g/mol. The van der Waals surface area contributed by atoms with Crippen LogP contribution in [0, 0.1) is 19.7 Å². The minimum Gasteiger partial charge on any atom is -0.461 e. The molecule has 2 rings (SSSR count). The average Bonchev–Trinajstić information content (AvgIpc) is 2.91. The van der Waals surface area contributed by atoms with E-state index in [4.69, 9.17) is 9.47 Å². The molecule has 1 amide bonds. The molecule has 7 nitrogen and oxygen atoms in total. The van der Waals surface area contributed by atoms with Crippen molar-refractivity contribution < 1.29 is 28.2 Å². The van der Waals surface area contributed by atoms with Crippen LogP contribution >= 0.6 is 0 Å². The van der Waals surface area contributed by atoms with E-state index in [0.717, 1.165) is 0 Å². The number of anilines is 1. The number of amides is 1. The second kappa shape index (κ2) is 8.48. The Morgan fingerprint density at radius 1 is 1.19 bits per heavy atom. The second-order valence-corrected chi connectivity index (χ2v) is 5.86.